The first-order valence-electron chi connectivity index (χ1n) is 14.8. The number of amides is 1. The van der Waals surface area contributed by atoms with Gasteiger partial charge >= 0.3 is 11.9 Å². The van der Waals surface area contributed by atoms with Crippen LogP contribution >= 0.6 is 0 Å². The molecule has 11 heteroatoms. The largest absolute Gasteiger partial charge is 0.507 e. The molecule has 48 heavy (non-hydrogen) atoms. The number of sulfonamides is 1. The Balaban J connectivity index is 1.37. The molecule has 0 fully saturated rings. The summed E-state index contributed by atoms with van der Waals surface area (Å²) in [5, 5.41) is 28.9. The second-order valence-electron chi connectivity index (χ2n) is 11.2. The average molecular weight is 665 g/mol. The van der Waals surface area contributed by atoms with E-state index in [1.54, 1.807) is 36.4 Å². The molecule has 0 aromatic heterocycles. The third-order valence-corrected chi connectivity index (χ3v) is 9.71. The Morgan fingerprint density at radius 2 is 1.17 bits per heavy atom. The summed E-state index contributed by atoms with van der Waals surface area (Å²) in [5.74, 6) is -3.44. The molecule has 1 amide bonds. The zero-order valence-electron chi connectivity index (χ0n) is 26.1. The minimum atomic E-state index is -3.99. The summed E-state index contributed by atoms with van der Waals surface area (Å²) in [6, 6.07) is 31.8. The lowest BCUT2D eigenvalue weighted by Gasteiger charge is -2.26. The van der Waals surface area contributed by atoms with Crippen molar-refractivity contribution in [1.29, 1.82) is 0 Å². The molecule has 0 saturated heterocycles. The standard InChI is InChI=1S/C37H32N2O8S/c1-24-3-18-32(19-4-24)48(46,47)38(2)23-35(41)39(31-17-20-33(37(44)45)34(40)21-31)22-25-5-7-26(8-6-25)27-9-11-28(12-10-27)29-13-15-30(16-14-29)36(42)43/h3-21,40H,22-23H2,1-2H3,(H,42,43)(H,44,45). The monoisotopic (exact) mass is 664 g/mol. The number of carboxylic acid groups (broad SMARTS) is 2. The van der Waals surface area contributed by atoms with Crippen molar-refractivity contribution in [3.05, 3.63) is 138 Å². The molecule has 10 nitrogen and oxygen atoms in total. The van der Waals surface area contributed by atoms with Crippen LogP contribution in [-0.2, 0) is 21.4 Å². The molecule has 0 bridgehead atoms. The maximum atomic E-state index is 13.7. The number of rotatable bonds is 11. The van der Waals surface area contributed by atoms with Crippen LogP contribution in [0.3, 0.4) is 0 Å². The second kappa shape index (κ2) is 13.9. The number of benzene rings is 5. The number of carboxylic acids is 2. The molecule has 0 unspecified atom stereocenters. The molecule has 0 aliphatic rings. The summed E-state index contributed by atoms with van der Waals surface area (Å²) >= 11 is 0. The number of carbonyl (C=O) groups excluding carboxylic acids is 1. The summed E-state index contributed by atoms with van der Waals surface area (Å²) in [6.07, 6.45) is 0. The van der Waals surface area contributed by atoms with E-state index < -0.39 is 40.2 Å². The highest BCUT2D eigenvalue weighted by Gasteiger charge is 2.27. The summed E-state index contributed by atoms with van der Waals surface area (Å²) in [7, 11) is -2.69. The molecule has 0 aliphatic carbocycles. The highest BCUT2D eigenvalue weighted by Crippen LogP contribution is 2.29. The summed E-state index contributed by atoms with van der Waals surface area (Å²) in [6.45, 7) is 1.33. The van der Waals surface area contributed by atoms with E-state index >= 15 is 0 Å². The van der Waals surface area contributed by atoms with Crippen LogP contribution in [0.25, 0.3) is 22.3 Å². The van der Waals surface area contributed by atoms with Gasteiger partial charge in [-0.15, -0.1) is 0 Å². The first-order valence-corrected chi connectivity index (χ1v) is 16.2. The van der Waals surface area contributed by atoms with Crippen molar-refractivity contribution in [3.63, 3.8) is 0 Å². The molecule has 3 N–H and O–H groups in total. The van der Waals surface area contributed by atoms with E-state index in [-0.39, 0.29) is 28.3 Å². The van der Waals surface area contributed by atoms with Gasteiger partial charge in [-0.25, -0.2) is 18.0 Å². The number of anilines is 1. The van der Waals surface area contributed by atoms with Gasteiger partial charge in [-0.3, -0.25) is 4.79 Å². The van der Waals surface area contributed by atoms with Crippen LogP contribution in [0.5, 0.6) is 5.75 Å². The zero-order chi connectivity index (χ0) is 34.6. The van der Waals surface area contributed by atoms with Gasteiger partial charge in [-0.1, -0.05) is 78.4 Å². The minimum Gasteiger partial charge on any atom is -0.507 e. The SMILES string of the molecule is Cc1ccc(S(=O)(=O)N(C)CC(=O)N(Cc2ccc(-c3ccc(-c4ccc(C(=O)O)cc4)cc3)cc2)c2ccc(C(=O)O)c(O)c2)cc1. The minimum absolute atomic E-state index is 0.00860. The van der Waals surface area contributed by atoms with Crippen molar-refractivity contribution in [2.75, 3.05) is 18.5 Å². The topological polar surface area (TPSA) is 153 Å². The number of likely N-dealkylation sites (N-methyl/N-ethyl adjacent to an activating group) is 1. The molecule has 244 valence electrons. The number of aromatic hydroxyl groups is 1. The van der Waals surface area contributed by atoms with Gasteiger partial charge in [0.2, 0.25) is 15.9 Å². The maximum absolute atomic E-state index is 13.7. The van der Waals surface area contributed by atoms with Crippen molar-refractivity contribution >= 4 is 33.6 Å². The van der Waals surface area contributed by atoms with Gasteiger partial charge < -0.3 is 20.2 Å². The molecule has 0 radical (unpaired) electrons. The van der Waals surface area contributed by atoms with Crippen LogP contribution in [0, 0.1) is 6.92 Å². The van der Waals surface area contributed by atoms with Crippen LogP contribution in [0.15, 0.2) is 120 Å². The van der Waals surface area contributed by atoms with Gasteiger partial charge in [0.1, 0.15) is 11.3 Å². The number of carbonyl (C=O) groups is 3. The fourth-order valence-electron chi connectivity index (χ4n) is 5.09. The number of phenols is 1. The molecule has 0 spiro atoms. The number of aryl methyl sites for hydroxylation is 1. The Kier molecular flexibility index (Phi) is 9.74. The van der Waals surface area contributed by atoms with Crippen molar-refractivity contribution < 1.29 is 38.1 Å². The van der Waals surface area contributed by atoms with Crippen LogP contribution in [0.1, 0.15) is 31.8 Å². The number of hydrogen-bond acceptors (Lipinski definition) is 6. The van der Waals surface area contributed by atoms with Crippen molar-refractivity contribution in [1.82, 2.24) is 4.31 Å². The van der Waals surface area contributed by atoms with E-state index in [4.69, 9.17) is 5.11 Å². The molecular weight excluding hydrogens is 632 g/mol. The average Bonchev–Trinajstić information content (AvgIpc) is 3.07. The Hall–Kier alpha value is -5.78. The first-order chi connectivity index (χ1) is 22.8. The quantitative estimate of drug-likeness (QED) is 0.149. The van der Waals surface area contributed by atoms with E-state index in [1.807, 2.05) is 55.5 Å². The summed E-state index contributed by atoms with van der Waals surface area (Å²) < 4.78 is 27.4. The van der Waals surface area contributed by atoms with Gasteiger partial charge in [0, 0.05) is 18.8 Å². The van der Waals surface area contributed by atoms with Crippen LogP contribution in [0.2, 0.25) is 0 Å². The Labute approximate surface area is 277 Å². The molecule has 5 aromatic carbocycles. The first kappa shape index (κ1) is 33.6. The predicted molar refractivity (Wildman–Crippen MR) is 182 cm³/mol. The second-order valence-corrected chi connectivity index (χ2v) is 13.3. The lowest BCUT2D eigenvalue weighted by molar-refractivity contribution is -0.118. The fraction of sp³-hybridized carbons (Fsp3) is 0.108. The molecule has 5 rings (SSSR count). The smallest absolute Gasteiger partial charge is 0.339 e. The third kappa shape index (κ3) is 7.43. The Morgan fingerprint density at radius 1 is 0.667 bits per heavy atom. The Morgan fingerprint density at radius 3 is 1.65 bits per heavy atom. The summed E-state index contributed by atoms with van der Waals surface area (Å²) in [5.41, 5.74) is 5.29. The lowest BCUT2D eigenvalue weighted by Crippen LogP contribution is -2.41. The van der Waals surface area contributed by atoms with Gasteiger partial charge in [0.05, 0.1) is 23.5 Å². The van der Waals surface area contributed by atoms with Crippen molar-refractivity contribution in [2.45, 2.75) is 18.4 Å². The van der Waals surface area contributed by atoms with Crippen molar-refractivity contribution in [3.8, 4) is 28.0 Å². The third-order valence-electron chi connectivity index (χ3n) is 7.89. The predicted octanol–water partition coefficient (Wildman–Crippen LogP) is 6.28. The molecule has 5 aromatic rings. The van der Waals surface area contributed by atoms with Gasteiger partial charge in [0.15, 0.2) is 0 Å². The van der Waals surface area contributed by atoms with Gasteiger partial charge in [-0.2, -0.15) is 4.31 Å². The Bertz CT molecular complexity index is 2080. The van der Waals surface area contributed by atoms with Crippen molar-refractivity contribution in [2.24, 2.45) is 0 Å². The van der Waals surface area contributed by atoms with Gasteiger partial charge in [-0.05, 0) is 71.1 Å². The highest BCUT2D eigenvalue weighted by atomic mass is 32.2. The maximum Gasteiger partial charge on any atom is 0.339 e. The van der Waals surface area contributed by atoms with Crippen LogP contribution in [-0.4, -0.2) is 59.5 Å². The molecule has 0 heterocycles. The molecule has 0 atom stereocenters. The van der Waals surface area contributed by atoms with E-state index in [0.29, 0.717) is 5.56 Å². The van der Waals surface area contributed by atoms with E-state index in [9.17, 15) is 33.0 Å². The van der Waals surface area contributed by atoms with E-state index in [1.165, 1.54) is 42.3 Å². The van der Waals surface area contributed by atoms with E-state index in [0.717, 1.165) is 32.1 Å². The molecule has 0 aliphatic heterocycles. The number of aromatic carboxylic acids is 2. The highest BCUT2D eigenvalue weighted by molar-refractivity contribution is 7.89. The van der Waals surface area contributed by atoms with Gasteiger partial charge in [0.25, 0.3) is 0 Å². The molecule has 0 saturated carbocycles. The number of nitrogens with zero attached hydrogens (tertiary/aromatic N) is 2. The van der Waals surface area contributed by atoms with Crippen LogP contribution < -0.4 is 4.90 Å². The zero-order valence-corrected chi connectivity index (χ0v) is 26.9. The van der Waals surface area contributed by atoms with Crippen LogP contribution in [0.4, 0.5) is 5.69 Å². The summed E-state index contributed by atoms with van der Waals surface area (Å²) in [4.78, 5) is 37.7. The fourth-order valence-corrected chi connectivity index (χ4v) is 6.21. The molecular formula is C37H32N2O8S. The normalized spacial score (nSPS) is 11.3. The lowest BCUT2D eigenvalue weighted by atomic mass is 9.99. The number of hydrogen-bond donors (Lipinski definition) is 3. The van der Waals surface area contributed by atoms with E-state index in [2.05, 4.69) is 0 Å².